The first kappa shape index (κ1) is 6.36. The van der Waals surface area contributed by atoms with Crippen molar-refractivity contribution < 1.29 is 0 Å². The maximum atomic E-state index is 7.93. The molecule has 0 fully saturated rings. The molecule has 0 saturated heterocycles. The molecular weight excluding hydrogens is 86.1 g/mol. The van der Waals surface area contributed by atoms with Gasteiger partial charge in [0.05, 0.1) is 6.04 Å². The average molecular weight is 95.1 g/mol. The van der Waals surface area contributed by atoms with Gasteiger partial charge in [0.2, 0.25) is 0 Å². The van der Waals surface area contributed by atoms with Crippen molar-refractivity contribution in [2.45, 2.75) is 26.2 Å². The van der Waals surface area contributed by atoms with Crippen LogP contribution in [-0.4, -0.2) is 0 Å². The summed E-state index contributed by atoms with van der Waals surface area (Å²) in [5.74, 6) is 2.55. The Morgan fingerprint density at radius 2 is 2.29 bits per heavy atom. The van der Waals surface area contributed by atoms with Crippen LogP contribution in [0.3, 0.4) is 0 Å². The summed E-state index contributed by atoms with van der Waals surface area (Å²) < 4.78 is 0. The number of rotatable bonds is 2. The first-order valence-corrected chi connectivity index (χ1v) is 2.53. The second kappa shape index (κ2) is 5.36. The monoisotopic (exact) mass is 95.1 g/mol. The summed E-state index contributed by atoms with van der Waals surface area (Å²) >= 11 is 0. The SMILES string of the molecule is CCCCC#C[N]. The predicted octanol–water partition coefficient (Wildman–Crippen LogP) is 1.21. The van der Waals surface area contributed by atoms with E-state index in [1.54, 1.807) is 0 Å². The van der Waals surface area contributed by atoms with Crippen molar-refractivity contribution in [2.75, 3.05) is 0 Å². The summed E-state index contributed by atoms with van der Waals surface area (Å²) in [4.78, 5) is 0. The Hall–Kier alpha value is -0.640. The highest BCUT2D eigenvalue weighted by Crippen LogP contribution is 1.89. The van der Waals surface area contributed by atoms with Crippen LogP contribution in [0.5, 0.6) is 0 Å². The van der Waals surface area contributed by atoms with E-state index in [0.29, 0.717) is 0 Å². The normalized spacial score (nSPS) is 7.00. The van der Waals surface area contributed by atoms with Gasteiger partial charge in [-0.25, -0.2) is 0 Å². The Balaban J connectivity index is 2.78. The zero-order valence-electron chi connectivity index (χ0n) is 4.57. The van der Waals surface area contributed by atoms with Gasteiger partial charge in [-0.2, -0.15) is 0 Å². The fourth-order valence-electron chi connectivity index (χ4n) is 0.321. The lowest BCUT2D eigenvalue weighted by Gasteiger charge is -1.79. The van der Waals surface area contributed by atoms with Crippen LogP contribution in [0.4, 0.5) is 0 Å². The smallest absolute Gasteiger partial charge is 0.0584 e. The average Bonchev–Trinajstić information content (AvgIpc) is 1.69. The molecule has 0 aromatic heterocycles. The molecule has 0 amide bonds. The minimum absolute atomic E-state index is 0.826. The molecule has 7 heavy (non-hydrogen) atoms. The summed E-state index contributed by atoms with van der Waals surface area (Å²) in [6.07, 6.45) is 3.06. The van der Waals surface area contributed by atoms with E-state index in [4.69, 9.17) is 5.73 Å². The van der Waals surface area contributed by atoms with Crippen LogP contribution in [-0.2, 0) is 0 Å². The highest BCUT2D eigenvalue weighted by Gasteiger charge is 1.73. The van der Waals surface area contributed by atoms with Crippen LogP contribution in [0.15, 0.2) is 0 Å². The summed E-state index contributed by atoms with van der Waals surface area (Å²) in [6, 6.07) is 1.85. The molecule has 0 bridgehead atoms. The third kappa shape index (κ3) is 5.36. The summed E-state index contributed by atoms with van der Waals surface area (Å²) in [5, 5.41) is 0. The van der Waals surface area contributed by atoms with Gasteiger partial charge in [-0.3, -0.25) is 0 Å². The molecule has 0 heterocycles. The molecule has 1 nitrogen and oxygen atoms in total. The van der Waals surface area contributed by atoms with Crippen LogP contribution in [0.2, 0.25) is 0 Å². The number of hydrogen-bond donors (Lipinski definition) is 0. The molecule has 0 unspecified atom stereocenters. The number of unbranched alkanes of at least 4 members (excludes halogenated alkanes) is 2. The highest BCUT2D eigenvalue weighted by atomic mass is 14.4. The summed E-state index contributed by atoms with van der Waals surface area (Å²) in [7, 11) is 0. The molecule has 1 heteroatoms. The van der Waals surface area contributed by atoms with Gasteiger partial charge in [-0.15, -0.1) is 0 Å². The van der Waals surface area contributed by atoms with Gasteiger partial charge in [0, 0.05) is 6.42 Å². The third-order valence-corrected chi connectivity index (χ3v) is 0.734. The van der Waals surface area contributed by atoms with Crippen LogP contribution >= 0.6 is 0 Å². The highest BCUT2D eigenvalue weighted by molar-refractivity contribution is 4.92. The van der Waals surface area contributed by atoms with Gasteiger partial charge >= 0.3 is 0 Å². The van der Waals surface area contributed by atoms with Crippen molar-refractivity contribution in [3.63, 3.8) is 0 Å². The number of nitrogens with zero attached hydrogens (tertiary/aromatic N) is 1. The molecule has 38 valence electrons. The summed E-state index contributed by atoms with van der Waals surface area (Å²) in [5.41, 5.74) is 7.93. The molecule has 0 atom stereocenters. The molecular formula is C6H9N. The topological polar surface area (TPSA) is 22.3 Å². The van der Waals surface area contributed by atoms with E-state index in [1.165, 1.54) is 0 Å². The van der Waals surface area contributed by atoms with Crippen molar-refractivity contribution in [3.8, 4) is 12.0 Å². The Kier molecular flexibility index (Phi) is 4.87. The van der Waals surface area contributed by atoms with E-state index in [0.717, 1.165) is 19.3 Å². The van der Waals surface area contributed by atoms with E-state index >= 15 is 0 Å². The molecule has 0 aliphatic heterocycles. The van der Waals surface area contributed by atoms with Gasteiger partial charge in [0.1, 0.15) is 0 Å². The maximum Gasteiger partial charge on any atom is 0.0584 e. The third-order valence-electron chi connectivity index (χ3n) is 0.734. The quantitative estimate of drug-likeness (QED) is 0.363. The van der Waals surface area contributed by atoms with E-state index in [1.807, 2.05) is 6.04 Å². The molecule has 0 aromatic carbocycles. The van der Waals surface area contributed by atoms with Gasteiger partial charge in [-0.05, 0) is 6.42 Å². The Morgan fingerprint density at radius 3 is 2.71 bits per heavy atom. The lowest BCUT2D eigenvalue weighted by atomic mass is 10.3. The molecule has 0 spiro atoms. The van der Waals surface area contributed by atoms with E-state index in [9.17, 15) is 0 Å². The molecule has 0 aliphatic rings. The number of hydrogen-bond acceptors (Lipinski definition) is 0. The van der Waals surface area contributed by atoms with Gasteiger partial charge in [0.25, 0.3) is 0 Å². The van der Waals surface area contributed by atoms with Crippen molar-refractivity contribution >= 4 is 0 Å². The fourth-order valence-corrected chi connectivity index (χ4v) is 0.321. The summed E-state index contributed by atoms with van der Waals surface area (Å²) in [6.45, 7) is 2.10. The minimum atomic E-state index is 0.826. The van der Waals surface area contributed by atoms with E-state index in [-0.39, 0.29) is 0 Å². The van der Waals surface area contributed by atoms with Gasteiger partial charge < -0.3 is 0 Å². The molecule has 2 radical (unpaired) electrons. The fraction of sp³-hybridized carbons (Fsp3) is 0.667. The second-order valence-corrected chi connectivity index (χ2v) is 1.39. The molecule has 0 aliphatic carbocycles. The lowest BCUT2D eigenvalue weighted by Crippen LogP contribution is -1.66. The van der Waals surface area contributed by atoms with Crippen LogP contribution < -0.4 is 5.73 Å². The van der Waals surface area contributed by atoms with Crippen LogP contribution in [0.25, 0.3) is 0 Å². The molecule has 0 saturated carbocycles. The Morgan fingerprint density at radius 1 is 1.57 bits per heavy atom. The van der Waals surface area contributed by atoms with Crippen molar-refractivity contribution in [1.29, 1.82) is 0 Å². The Bertz CT molecular complexity index is 75.9. The first-order chi connectivity index (χ1) is 3.41. The van der Waals surface area contributed by atoms with Gasteiger partial charge in [-0.1, -0.05) is 25.0 Å². The second-order valence-electron chi connectivity index (χ2n) is 1.39. The predicted molar refractivity (Wildman–Crippen MR) is 29.4 cm³/mol. The zero-order chi connectivity index (χ0) is 5.54. The van der Waals surface area contributed by atoms with Crippen molar-refractivity contribution in [1.82, 2.24) is 5.73 Å². The largest absolute Gasteiger partial charge is 0.0878 e. The first-order valence-electron chi connectivity index (χ1n) is 2.53. The minimum Gasteiger partial charge on any atom is -0.0878 e. The standard InChI is InChI=1S/C6H9N/c1-2-3-4-5-6-7/h2-4H2,1H3. The molecule has 0 aromatic rings. The molecule has 0 N–H and O–H groups in total. The van der Waals surface area contributed by atoms with E-state index < -0.39 is 0 Å². The lowest BCUT2D eigenvalue weighted by molar-refractivity contribution is 0.827. The van der Waals surface area contributed by atoms with E-state index in [2.05, 4.69) is 12.8 Å². The Labute approximate surface area is 44.9 Å². The van der Waals surface area contributed by atoms with Crippen LogP contribution in [0, 0.1) is 12.0 Å². The maximum absolute atomic E-state index is 7.93. The van der Waals surface area contributed by atoms with Gasteiger partial charge in [0.15, 0.2) is 0 Å². The van der Waals surface area contributed by atoms with Crippen molar-refractivity contribution in [3.05, 3.63) is 0 Å². The van der Waals surface area contributed by atoms with Crippen molar-refractivity contribution in [2.24, 2.45) is 0 Å². The zero-order valence-corrected chi connectivity index (χ0v) is 4.57. The molecule has 0 rings (SSSR count). The van der Waals surface area contributed by atoms with Crippen LogP contribution in [0.1, 0.15) is 26.2 Å².